The Kier molecular flexibility index (Phi) is 6.62. The highest BCUT2D eigenvalue weighted by atomic mass is 35.5. The van der Waals surface area contributed by atoms with Crippen LogP contribution in [0.1, 0.15) is 36.7 Å². The smallest absolute Gasteiger partial charge is 0.271 e. The SMILES string of the molecule is CCCCCNC(=O)c1cnc(Nc2c(Cl)cccc2Cl)cn1. The summed E-state index contributed by atoms with van der Waals surface area (Å²) in [6.07, 6.45) is 6.05. The average Bonchev–Trinajstić information content (AvgIpc) is 2.55. The third-order valence-electron chi connectivity index (χ3n) is 3.17. The number of benzene rings is 1. The van der Waals surface area contributed by atoms with Crippen LogP contribution in [0.3, 0.4) is 0 Å². The van der Waals surface area contributed by atoms with Gasteiger partial charge in [0, 0.05) is 6.54 Å². The molecule has 1 aromatic heterocycles. The molecule has 0 aliphatic rings. The monoisotopic (exact) mass is 352 g/mol. The second-order valence-corrected chi connectivity index (χ2v) is 5.79. The average molecular weight is 353 g/mol. The molecular weight excluding hydrogens is 335 g/mol. The van der Waals surface area contributed by atoms with E-state index in [1.807, 2.05) is 0 Å². The lowest BCUT2D eigenvalue weighted by atomic mass is 10.2. The number of para-hydroxylation sites is 1. The minimum absolute atomic E-state index is 0.226. The van der Waals surface area contributed by atoms with E-state index < -0.39 is 0 Å². The number of amides is 1. The third kappa shape index (κ3) is 5.08. The maximum atomic E-state index is 11.9. The van der Waals surface area contributed by atoms with Crippen molar-refractivity contribution in [2.75, 3.05) is 11.9 Å². The van der Waals surface area contributed by atoms with Crippen molar-refractivity contribution in [1.82, 2.24) is 15.3 Å². The van der Waals surface area contributed by atoms with Crippen molar-refractivity contribution in [3.63, 3.8) is 0 Å². The Hall–Kier alpha value is -1.85. The molecule has 23 heavy (non-hydrogen) atoms. The van der Waals surface area contributed by atoms with E-state index >= 15 is 0 Å². The molecule has 0 bridgehead atoms. The van der Waals surface area contributed by atoms with Crippen LogP contribution < -0.4 is 10.6 Å². The summed E-state index contributed by atoms with van der Waals surface area (Å²) in [7, 11) is 0. The van der Waals surface area contributed by atoms with Crippen LogP contribution in [0.4, 0.5) is 11.5 Å². The fraction of sp³-hybridized carbons (Fsp3) is 0.312. The van der Waals surface area contributed by atoms with Gasteiger partial charge < -0.3 is 10.6 Å². The molecule has 2 rings (SSSR count). The Morgan fingerprint density at radius 3 is 2.48 bits per heavy atom. The first-order valence-electron chi connectivity index (χ1n) is 7.43. The zero-order valence-corrected chi connectivity index (χ0v) is 14.3. The Bertz CT molecular complexity index is 641. The molecule has 1 amide bonds. The molecule has 1 heterocycles. The maximum Gasteiger partial charge on any atom is 0.271 e. The Labute approximate surface area is 145 Å². The fourth-order valence-electron chi connectivity index (χ4n) is 1.92. The predicted octanol–water partition coefficient (Wildman–Crippen LogP) is 4.45. The van der Waals surface area contributed by atoms with Crippen LogP contribution in [0.2, 0.25) is 10.0 Å². The largest absolute Gasteiger partial charge is 0.351 e. The molecule has 0 aliphatic heterocycles. The highest BCUT2D eigenvalue weighted by Gasteiger charge is 2.09. The molecule has 0 spiro atoms. The number of nitrogens with one attached hydrogen (secondary N) is 2. The molecule has 2 N–H and O–H groups in total. The zero-order chi connectivity index (χ0) is 16.7. The van der Waals surface area contributed by atoms with Crippen molar-refractivity contribution in [2.24, 2.45) is 0 Å². The van der Waals surface area contributed by atoms with Crippen LogP contribution in [0.5, 0.6) is 0 Å². The van der Waals surface area contributed by atoms with Gasteiger partial charge in [0.25, 0.3) is 5.91 Å². The summed E-state index contributed by atoms with van der Waals surface area (Å²) in [6.45, 7) is 2.76. The molecule has 5 nitrogen and oxygen atoms in total. The van der Waals surface area contributed by atoms with Crippen molar-refractivity contribution in [1.29, 1.82) is 0 Å². The second-order valence-electron chi connectivity index (χ2n) is 4.97. The number of rotatable bonds is 7. The van der Waals surface area contributed by atoms with Gasteiger partial charge in [-0.2, -0.15) is 0 Å². The van der Waals surface area contributed by atoms with E-state index in [-0.39, 0.29) is 11.6 Å². The summed E-state index contributed by atoms with van der Waals surface area (Å²) >= 11 is 12.2. The summed E-state index contributed by atoms with van der Waals surface area (Å²) in [5, 5.41) is 6.78. The first kappa shape index (κ1) is 17.5. The normalized spacial score (nSPS) is 10.4. The van der Waals surface area contributed by atoms with Crippen LogP contribution >= 0.6 is 23.2 Å². The van der Waals surface area contributed by atoms with Crippen LogP contribution in [-0.4, -0.2) is 22.4 Å². The number of anilines is 2. The third-order valence-corrected chi connectivity index (χ3v) is 3.80. The molecule has 7 heteroatoms. The number of hydrogen-bond donors (Lipinski definition) is 2. The maximum absolute atomic E-state index is 11.9. The molecular formula is C16H18Cl2N4O. The van der Waals surface area contributed by atoms with E-state index in [2.05, 4.69) is 27.5 Å². The van der Waals surface area contributed by atoms with Crippen LogP contribution in [0.25, 0.3) is 0 Å². The van der Waals surface area contributed by atoms with E-state index in [1.165, 1.54) is 12.4 Å². The molecule has 0 saturated heterocycles. The molecule has 0 atom stereocenters. The van der Waals surface area contributed by atoms with E-state index in [4.69, 9.17) is 23.2 Å². The van der Waals surface area contributed by atoms with Gasteiger partial charge in [-0.1, -0.05) is 49.0 Å². The highest BCUT2D eigenvalue weighted by Crippen LogP contribution is 2.31. The van der Waals surface area contributed by atoms with Crippen molar-refractivity contribution < 1.29 is 4.79 Å². The highest BCUT2D eigenvalue weighted by molar-refractivity contribution is 6.39. The molecule has 1 aromatic carbocycles. The van der Waals surface area contributed by atoms with Crippen molar-refractivity contribution in [3.8, 4) is 0 Å². The van der Waals surface area contributed by atoms with E-state index in [0.717, 1.165) is 19.3 Å². The number of hydrogen-bond acceptors (Lipinski definition) is 4. The predicted molar refractivity (Wildman–Crippen MR) is 93.6 cm³/mol. The number of unbranched alkanes of at least 4 members (excludes halogenated alkanes) is 2. The lowest BCUT2D eigenvalue weighted by molar-refractivity contribution is 0.0947. The van der Waals surface area contributed by atoms with Crippen molar-refractivity contribution in [3.05, 3.63) is 46.3 Å². The van der Waals surface area contributed by atoms with Gasteiger partial charge in [0.15, 0.2) is 0 Å². The van der Waals surface area contributed by atoms with Crippen molar-refractivity contribution >= 4 is 40.6 Å². The van der Waals surface area contributed by atoms with Gasteiger partial charge in [0.05, 0.1) is 28.1 Å². The molecule has 122 valence electrons. The Balaban J connectivity index is 1.98. The Morgan fingerprint density at radius 2 is 1.87 bits per heavy atom. The second kappa shape index (κ2) is 8.70. The topological polar surface area (TPSA) is 66.9 Å². The summed E-state index contributed by atoms with van der Waals surface area (Å²) in [5.74, 6) is 0.235. The molecule has 0 aliphatic carbocycles. The number of aromatic nitrogens is 2. The van der Waals surface area contributed by atoms with E-state index in [9.17, 15) is 4.79 Å². The number of carbonyl (C=O) groups is 1. The van der Waals surface area contributed by atoms with Gasteiger partial charge in [-0.15, -0.1) is 0 Å². The van der Waals surface area contributed by atoms with Crippen LogP contribution in [0, 0.1) is 0 Å². The molecule has 0 fully saturated rings. The minimum atomic E-state index is -0.226. The lowest BCUT2D eigenvalue weighted by Gasteiger charge is -2.09. The van der Waals surface area contributed by atoms with Gasteiger partial charge in [0.1, 0.15) is 11.5 Å². The van der Waals surface area contributed by atoms with Crippen LogP contribution in [-0.2, 0) is 0 Å². The van der Waals surface area contributed by atoms with Gasteiger partial charge in [-0.05, 0) is 18.6 Å². The first-order chi connectivity index (χ1) is 11.1. The quantitative estimate of drug-likeness (QED) is 0.722. The molecule has 0 unspecified atom stereocenters. The first-order valence-corrected chi connectivity index (χ1v) is 8.18. The van der Waals surface area contributed by atoms with Crippen LogP contribution in [0.15, 0.2) is 30.6 Å². The van der Waals surface area contributed by atoms with E-state index in [0.29, 0.717) is 28.1 Å². The van der Waals surface area contributed by atoms with E-state index in [1.54, 1.807) is 18.2 Å². The number of halogens is 2. The summed E-state index contributed by atoms with van der Waals surface area (Å²) < 4.78 is 0. The molecule has 0 radical (unpaired) electrons. The van der Waals surface area contributed by atoms with Gasteiger partial charge in [-0.25, -0.2) is 9.97 Å². The van der Waals surface area contributed by atoms with Crippen molar-refractivity contribution in [2.45, 2.75) is 26.2 Å². The summed E-state index contributed by atoms with van der Waals surface area (Å²) in [6, 6.07) is 5.20. The molecule has 0 saturated carbocycles. The lowest BCUT2D eigenvalue weighted by Crippen LogP contribution is -2.25. The Morgan fingerprint density at radius 1 is 1.13 bits per heavy atom. The minimum Gasteiger partial charge on any atom is -0.351 e. The number of nitrogens with zero attached hydrogens (tertiary/aromatic N) is 2. The van der Waals surface area contributed by atoms with Gasteiger partial charge >= 0.3 is 0 Å². The molecule has 2 aromatic rings. The standard InChI is InChI=1S/C16H18Cl2N4O/c1-2-3-4-8-19-16(23)13-9-21-14(10-20-13)22-15-11(17)6-5-7-12(15)18/h5-7,9-10H,2-4,8H2,1H3,(H,19,23)(H,21,22). The fourth-order valence-corrected chi connectivity index (χ4v) is 2.41. The van der Waals surface area contributed by atoms with Gasteiger partial charge in [-0.3, -0.25) is 4.79 Å². The number of carbonyl (C=O) groups excluding carboxylic acids is 1. The summed E-state index contributed by atoms with van der Waals surface area (Å²) in [5.41, 5.74) is 0.833. The van der Waals surface area contributed by atoms with Gasteiger partial charge in [0.2, 0.25) is 0 Å². The zero-order valence-electron chi connectivity index (χ0n) is 12.8. The summed E-state index contributed by atoms with van der Waals surface area (Å²) in [4.78, 5) is 20.2.